The van der Waals surface area contributed by atoms with E-state index < -0.39 is 9.84 Å². The van der Waals surface area contributed by atoms with Crippen LogP contribution in [0.3, 0.4) is 0 Å². The summed E-state index contributed by atoms with van der Waals surface area (Å²) in [7, 11) is -2.87. The number of carbonyl (C=O) groups excluding carboxylic acids is 1. The largest absolute Gasteiger partial charge is 0.466 e. The maximum atomic E-state index is 11.8. The zero-order valence-corrected chi connectivity index (χ0v) is 13.7. The average Bonchev–Trinajstić information content (AvgIpc) is 2.88. The summed E-state index contributed by atoms with van der Waals surface area (Å²) >= 11 is 0. The van der Waals surface area contributed by atoms with Gasteiger partial charge in [-0.2, -0.15) is 0 Å². The Kier molecular flexibility index (Phi) is 4.30. The minimum absolute atomic E-state index is 0.0398. The Morgan fingerprint density at radius 3 is 2.82 bits per heavy atom. The van der Waals surface area contributed by atoms with Crippen molar-refractivity contribution in [3.63, 3.8) is 0 Å². The molecule has 1 aromatic rings. The summed E-state index contributed by atoms with van der Waals surface area (Å²) in [5, 5.41) is 2.84. The van der Waals surface area contributed by atoms with E-state index >= 15 is 0 Å². The van der Waals surface area contributed by atoms with Gasteiger partial charge in [0.25, 0.3) is 0 Å². The fraction of sp³-hybridized carbons (Fsp3) is 0.688. The normalized spacial score (nSPS) is 29.4. The molecule has 1 N–H and O–H groups in total. The minimum Gasteiger partial charge on any atom is -0.466 e. The molecule has 2 aliphatic rings. The number of hydrogen-bond acceptors (Lipinski definition) is 4. The topological polar surface area (TPSA) is 76.4 Å². The molecule has 1 saturated heterocycles. The molecule has 0 radical (unpaired) electrons. The first-order chi connectivity index (χ1) is 10.4. The molecule has 1 aliphatic carbocycles. The Balaban J connectivity index is 1.38. The lowest BCUT2D eigenvalue weighted by molar-refractivity contribution is -0.121. The molecule has 0 aromatic carbocycles. The van der Waals surface area contributed by atoms with Crippen molar-refractivity contribution in [2.45, 2.75) is 38.5 Å². The Bertz CT molecular complexity index is 649. The fourth-order valence-corrected chi connectivity index (χ4v) is 4.92. The number of aryl methyl sites for hydroxylation is 1. The van der Waals surface area contributed by atoms with Crippen molar-refractivity contribution in [3.8, 4) is 0 Å². The predicted molar refractivity (Wildman–Crippen MR) is 83.3 cm³/mol. The van der Waals surface area contributed by atoms with Crippen LogP contribution in [-0.4, -0.2) is 32.4 Å². The second-order valence-electron chi connectivity index (χ2n) is 6.70. The summed E-state index contributed by atoms with van der Waals surface area (Å²) in [4.78, 5) is 11.8. The van der Waals surface area contributed by atoms with Crippen molar-refractivity contribution in [1.82, 2.24) is 5.32 Å². The highest BCUT2D eigenvalue weighted by Gasteiger charge is 2.36. The van der Waals surface area contributed by atoms with Gasteiger partial charge in [-0.3, -0.25) is 4.79 Å². The van der Waals surface area contributed by atoms with E-state index in [1.807, 2.05) is 12.1 Å². The van der Waals surface area contributed by atoms with Crippen LogP contribution in [0, 0.1) is 11.8 Å². The third-order valence-electron chi connectivity index (χ3n) is 4.67. The number of sulfone groups is 1. The van der Waals surface area contributed by atoms with Crippen LogP contribution in [0.2, 0.25) is 0 Å². The Hall–Kier alpha value is -1.30. The van der Waals surface area contributed by atoms with Crippen molar-refractivity contribution in [2.24, 2.45) is 11.8 Å². The zero-order chi connectivity index (χ0) is 15.7. The van der Waals surface area contributed by atoms with Crippen molar-refractivity contribution in [1.29, 1.82) is 0 Å². The molecule has 3 rings (SSSR count). The van der Waals surface area contributed by atoms with Gasteiger partial charge in [0.15, 0.2) is 9.84 Å². The molecule has 1 amide bonds. The van der Waals surface area contributed by atoms with Crippen LogP contribution >= 0.6 is 0 Å². The first kappa shape index (κ1) is 15.6. The van der Waals surface area contributed by atoms with Crippen LogP contribution in [0.25, 0.3) is 0 Å². The van der Waals surface area contributed by atoms with E-state index in [0.29, 0.717) is 37.6 Å². The van der Waals surface area contributed by atoms with Gasteiger partial charge < -0.3 is 9.73 Å². The quantitative estimate of drug-likeness (QED) is 0.866. The Morgan fingerprint density at radius 2 is 2.18 bits per heavy atom. The summed E-state index contributed by atoms with van der Waals surface area (Å²) in [6.07, 6.45) is 2.82. The molecule has 1 saturated carbocycles. The first-order valence-corrected chi connectivity index (χ1v) is 9.81. The lowest BCUT2D eigenvalue weighted by Gasteiger charge is -2.09. The average molecular weight is 325 g/mol. The third-order valence-corrected chi connectivity index (χ3v) is 6.51. The molecule has 22 heavy (non-hydrogen) atoms. The molecular weight excluding hydrogens is 302 g/mol. The SMILES string of the molecule is C[C@@H]1C[C@@H]1c1ccc(CCC(=O)NC[C@H]2CCS(=O)(=O)C2)o1. The van der Waals surface area contributed by atoms with Crippen molar-refractivity contribution in [2.75, 3.05) is 18.1 Å². The first-order valence-electron chi connectivity index (χ1n) is 7.99. The predicted octanol–water partition coefficient (Wildman–Crippen LogP) is 1.89. The Labute approximate surface area is 131 Å². The monoisotopic (exact) mass is 325 g/mol. The molecule has 122 valence electrons. The summed E-state index contributed by atoms with van der Waals surface area (Å²) in [6, 6.07) is 3.97. The van der Waals surface area contributed by atoms with Crippen LogP contribution in [0.5, 0.6) is 0 Å². The highest BCUT2D eigenvalue weighted by atomic mass is 32.2. The number of furan rings is 1. The van der Waals surface area contributed by atoms with Gasteiger partial charge in [-0.05, 0) is 36.8 Å². The van der Waals surface area contributed by atoms with Crippen molar-refractivity contribution in [3.05, 3.63) is 23.7 Å². The highest BCUT2D eigenvalue weighted by molar-refractivity contribution is 7.91. The minimum atomic E-state index is -2.87. The molecular formula is C16H23NO4S. The summed E-state index contributed by atoms with van der Waals surface area (Å²) in [5.74, 6) is 3.66. The van der Waals surface area contributed by atoms with Gasteiger partial charge in [0.05, 0.1) is 11.5 Å². The van der Waals surface area contributed by atoms with Crippen LogP contribution in [0.4, 0.5) is 0 Å². The Morgan fingerprint density at radius 1 is 1.41 bits per heavy atom. The van der Waals surface area contributed by atoms with Crippen LogP contribution in [-0.2, 0) is 21.1 Å². The van der Waals surface area contributed by atoms with E-state index in [1.165, 1.54) is 6.42 Å². The third kappa shape index (κ3) is 3.91. The smallest absolute Gasteiger partial charge is 0.220 e. The summed E-state index contributed by atoms with van der Waals surface area (Å²) in [5.41, 5.74) is 0. The molecule has 0 unspecified atom stereocenters. The molecule has 2 fully saturated rings. The molecule has 1 aliphatic heterocycles. The van der Waals surface area contributed by atoms with Crippen molar-refractivity contribution < 1.29 is 17.6 Å². The van der Waals surface area contributed by atoms with E-state index in [2.05, 4.69) is 12.2 Å². The molecule has 0 spiro atoms. The van der Waals surface area contributed by atoms with Gasteiger partial charge in [-0.1, -0.05) is 6.92 Å². The highest BCUT2D eigenvalue weighted by Crippen LogP contribution is 2.47. The van der Waals surface area contributed by atoms with E-state index in [-0.39, 0.29) is 23.3 Å². The van der Waals surface area contributed by atoms with E-state index in [0.717, 1.165) is 11.5 Å². The van der Waals surface area contributed by atoms with Gasteiger partial charge in [-0.15, -0.1) is 0 Å². The van der Waals surface area contributed by atoms with Gasteiger partial charge in [0, 0.05) is 25.3 Å². The van der Waals surface area contributed by atoms with E-state index in [9.17, 15) is 13.2 Å². The fourth-order valence-electron chi connectivity index (χ4n) is 3.06. The standard InChI is InChI=1S/C16H23NO4S/c1-11-8-14(11)15-4-2-13(21-15)3-5-16(18)17-9-12-6-7-22(19,20)10-12/h2,4,11-12,14H,3,5-10H2,1H3,(H,17,18)/t11-,12-,14+/m1/s1. The van der Waals surface area contributed by atoms with Crippen molar-refractivity contribution >= 4 is 15.7 Å². The maximum Gasteiger partial charge on any atom is 0.220 e. The van der Waals surface area contributed by atoms with Crippen LogP contribution < -0.4 is 5.32 Å². The molecule has 1 aromatic heterocycles. The van der Waals surface area contributed by atoms with Gasteiger partial charge >= 0.3 is 0 Å². The van der Waals surface area contributed by atoms with Crippen LogP contribution in [0.1, 0.15) is 43.6 Å². The molecule has 5 nitrogen and oxygen atoms in total. The number of rotatable bonds is 6. The molecule has 2 heterocycles. The summed E-state index contributed by atoms with van der Waals surface area (Å²) in [6.45, 7) is 2.67. The summed E-state index contributed by atoms with van der Waals surface area (Å²) < 4.78 is 28.5. The van der Waals surface area contributed by atoms with Crippen LogP contribution in [0.15, 0.2) is 16.5 Å². The maximum absolute atomic E-state index is 11.8. The van der Waals surface area contributed by atoms with E-state index in [4.69, 9.17) is 4.42 Å². The molecule has 3 atom stereocenters. The molecule has 0 bridgehead atoms. The lowest BCUT2D eigenvalue weighted by Crippen LogP contribution is -2.29. The second kappa shape index (κ2) is 6.07. The number of nitrogens with one attached hydrogen (secondary N) is 1. The second-order valence-corrected chi connectivity index (χ2v) is 8.93. The number of amides is 1. The number of hydrogen-bond donors (Lipinski definition) is 1. The van der Waals surface area contributed by atoms with Gasteiger partial charge in [0.1, 0.15) is 11.5 Å². The molecule has 6 heteroatoms. The van der Waals surface area contributed by atoms with E-state index in [1.54, 1.807) is 0 Å². The van der Waals surface area contributed by atoms with Gasteiger partial charge in [-0.25, -0.2) is 8.42 Å². The zero-order valence-electron chi connectivity index (χ0n) is 12.9. The van der Waals surface area contributed by atoms with Gasteiger partial charge in [0.2, 0.25) is 5.91 Å². The lowest BCUT2D eigenvalue weighted by atomic mass is 10.1. The number of carbonyl (C=O) groups is 1.